The number of hydrogen-bond donors (Lipinski definition) is 0. The average Bonchev–Trinajstić information content (AvgIpc) is 4.24. The van der Waals surface area contributed by atoms with Crippen molar-refractivity contribution in [3.05, 3.63) is 172 Å². The summed E-state index contributed by atoms with van der Waals surface area (Å²) in [6.07, 6.45) is 12.4. The molecule has 0 unspecified atom stereocenters. The number of nitrogens with zero attached hydrogens (tertiary/aromatic N) is 4. The molecular formula is C61H61F9N4O3S4. The molecule has 0 radical (unpaired) electrons. The van der Waals surface area contributed by atoms with Gasteiger partial charge in [0.15, 0.2) is 24.5 Å². The number of rotatable bonds is 18. The Kier molecular flexibility index (Phi) is 18.1. The number of hydrogen-bond acceptors (Lipinski definition) is 9. The zero-order chi connectivity index (χ0) is 58.9. The highest BCUT2D eigenvalue weighted by molar-refractivity contribution is 8.05. The quantitative estimate of drug-likeness (QED) is 0.0364. The van der Waals surface area contributed by atoms with Gasteiger partial charge in [-0.1, -0.05) is 179 Å². The minimum Gasteiger partial charge on any atom is -0.743 e. The molecule has 0 amide bonds. The Morgan fingerprint density at radius 3 is 2.04 bits per heavy atom. The number of benzene rings is 5. The van der Waals surface area contributed by atoms with Crippen LogP contribution in [-0.2, 0) is 26.7 Å². The van der Waals surface area contributed by atoms with E-state index in [4.69, 9.17) is 10.2 Å². The van der Waals surface area contributed by atoms with Crippen LogP contribution in [0.5, 0.6) is 0 Å². The lowest BCUT2D eigenvalue weighted by Gasteiger charge is -2.34. The number of anilines is 1. The number of thioether (sulfide) groups is 2. The van der Waals surface area contributed by atoms with Crippen LogP contribution in [0.1, 0.15) is 109 Å². The number of unbranched alkanes of at least 4 members (excludes halogenated alkanes) is 2. The molecule has 20 heteroatoms. The molecule has 0 spiro atoms. The zero-order valence-corrected chi connectivity index (χ0v) is 48.7. The van der Waals surface area contributed by atoms with Gasteiger partial charge < -0.3 is 9.45 Å². The smallest absolute Gasteiger partial charge is 0.460 e. The first-order valence-electron chi connectivity index (χ1n) is 26.4. The number of halogens is 9. The molecule has 430 valence electrons. The molecule has 81 heavy (non-hydrogen) atoms. The molecule has 5 aromatic carbocycles. The van der Waals surface area contributed by atoms with Gasteiger partial charge in [0.2, 0.25) is 5.69 Å². The van der Waals surface area contributed by atoms with Crippen LogP contribution in [0, 0.1) is 0 Å². The Bertz CT molecular complexity index is 3640. The highest BCUT2D eigenvalue weighted by Gasteiger charge is 2.83. The Morgan fingerprint density at radius 1 is 0.753 bits per heavy atom. The average molecular weight is 1200 g/mol. The first-order chi connectivity index (χ1) is 38.1. The summed E-state index contributed by atoms with van der Waals surface area (Å²) in [5, 5.41) is 7.76. The highest BCUT2D eigenvalue weighted by atomic mass is 32.2. The van der Waals surface area contributed by atoms with Crippen LogP contribution in [0.3, 0.4) is 0 Å². The Hall–Kier alpha value is -5.67. The van der Waals surface area contributed by atoms with E-state index in [9.17, 15) is 52.5 Å². The van der Waals surface area contributed by atoms with E-state index < -0.39 is 33.4 Å². The molecule has 0 atom stereocenters. The summed E-state index contributed by atoms with van der Waals surface area (Å²) >= 11 is 5.29. The SMILES string of the molecule is C=Cc1cccc(CSc2nnc(SC3=C(/C=C/C4=[N+](CCCC)c5ccc6ccccc6c5C4(C)C)CCC/C3=C\C=C3\N(CCCC)c4ccc5ccccc5c4C3(C)C)s2)c1.O=S(=O)([O-])C(F)(F)C(F)(F)C(F)(F)C(F)(F)F. The molecular weight excluding hydrogens is 1140 g/mol. The molecule has 2 aliphatic heterocycles. The standard InChI is InChI=1S/C57H61N4S3.C4HF9O3S/c1-8-11-35-60-47-31-27-41-21-13-15-25-45(41)51(47)56(4,5)49(60)33-29-43-23-18-24-44(53(43)63-55-59-58-54(64-55)62-38-40-20-17-19-39(10-3)37-40)30-34-50-57(6,7)52-46-26-16-14-22-42(46)28-32-48(52)61(50)36-12-9-2;5-1(6,3(9,10)11)2(7,8)4(12,13)17(14,15)16/h10,13-17,19-22,25-34,37H,3,8-9,11-12,18,23-24,35-36,38H2,1-2,4-7H3;(H,14,15,16)/q+1;/p-1. The van der Waals surface area contributed by atoms with Crippen molar-refractivity contribution in [2.45, 2.75) is 135 Å². The zero-order valence-electron chi connectivity index (χ0n) is 45.5. The lowest BCUT2D eigenvalue weighted by atomic mass is 9.78. The van der Waals surface area contributed by atoms with Crippen molar-refractivity contribution in [3.8, 4) is 0 Å². The second-order valence-electron chi connectivity index (χ2n) is 21.1. The number of fused-ring (bicyclic) bond motifs is 6. The van der Waals surface area contributed by atoms with Gasteiger partial charge in [-0.15, -0.1) is 10.2 Å². The highest BCUT2D eigenvalue weighted by Crippen LogP contribution is 2.55. The largest absolute Gasteiger partial charge is 0.743 e. The van der Waals surface area contributed by atoms with E-state index in [0.29, 0.717) is 0 Å². The number of alkyl halides is 9. The maximum Gasteiger partial charge on any atom is 0.460 e. The lowest BCUT2D eigenvalue weighted by Crippen LogP contribution is -2.63. The van der Waals surface area contributed by atoms with Crippen molar-refractivity contribution in [2.75, 3.05) is 18.0 Å². The third-order valence-corrected chi connectivity index (χ3v) is 19.2. The number of allylic oxidation sites excluding steroid dienone is 7. The van der Waals surface area contributed by atoms with E-state index in [0.717, 1.165) is 78.0 Å². The van der Waals surface area contributed by atoms with Crippen molar-refractivity contribution in [1.82, 2.24) is 10.2 Å². The summed E-state index contributed by atoms with van der Waals surface area (Å²) in [4.78, 5) is 3.94. The lowest BCUT2D eigenvalue weighted by molar-refractivity contribution is -0.438. The number of aromatic nitrogens is 2. The van der Waals surface area contributed by atoms with Crippen molar-refractivity contribution >= 4 is 89.7 Å². The molecule has 0 bridgehead atoms. The molecule has 3 heterocycles. The topological polar surface area (TPSA) is 89.2 Å². The first-order valence-corrected chi connectivity index (χ1v) is 30.5. The Labute approximate surface area is 479 Å². The Morgan fingerprint density at radius 2 is 1.40 bits per heavy atom. The van der Waals surface area contributed by atoms with E-state index in [1.807, 2.05) is 17.8 Å². The molecule has 7 nitrogen and oxygen atoms in total. The summed E-state index contributed by atoms with van der Waals surface area (Å²) < 4.78 is 140. The van der Waals surface area contributed by atoms with Crippen molar-refractivity contribution < 1.29 is 57.1 Å². The Balaban J connectivity index is 0.000000439. The van der Waals surface area contributed by atoms with E-state index in [2.05, 4.69) is 179 Å². The van der Waals surface area contributed by atoms with Crippen LogP contribution >= 0.6 is 34.9 Å². The van der Waals surface area contributed by atoms with Gasteiger partial charge in [-0.05, 0) is 107 Å². The molecule has 0 saturated carbocycles. The van der Waals surface area contributed by atoms with Crippen LogP contribution in [0.2, 0.25) is 0 Å². The minimum absolute atomic E-state index is 0.155. The summed E-state index contributed by atoms with van der Waals surface area (Å²) in [7, 11) is -7.42. The first kappa shape index (κ1) is 61.4. The second-order valence-corrected chi connectivity index (χ2v) is 26.0. The van der Waals surface area contributed by atoms with Gasteiger partial charge in [0.05, 0.1) is 5.41 Å². The fraction of sp³-hybridized carbons (Fsp3) is 0.361. The fourth-order valence-corrected chi connectivity index (χ4v) is 14.4. The van der Waals surface area contributed by atoms with E-state index in [1.54, 1.807) is 23.1 Å². The van der Waals surface area contributed by atoms with Gasteiger partial charge >= 0.3 is 23.3 Å². The molecule has 6 aromatic rings. The van der Waals surface area contributed by atoms with Gasteiger partial charge in [-0.25, -0.2) is 8.42 Å². The molecule has 0 N–H and O–H groups in total. The van der Waals surface area contributed by atoms with Crippen LogP contribution in [0.25, 0.3) is 27.6 Å². The van der Waals surface area contributed by atoms with Crippen molar-refractivity contribution in [1.29, 1.82) is 0 Å². The van der Waals surface area contributed by atoms with Crippen molar-refractivity contribution in [3.63, 3.8) is 0 Å². The predicted molar refractivity (Wildman–Crippen MR) is 310 cm³/mol. The third-order valence-electron chi connectivity index (χ3n) is 14.9. The summed E-state index contributed by atoms with van der Waals surface area (Å²) in [6, 6.07) is 35.8. The second kappa shape index (κ2) is 23.9. The molecule has 3 aliphatic rings. The fourth-order valence-electron chi connectivity index (χ4n) is 10.8. The maximum atomic E-state index is 12.2. The van der Waals surface area contributed by atoms with Crippen LogP contribution < -0.4 is 4.90 Å². The van der Waals surface area contributed by atoms with Gasteiger partial charge in [-0.3, -0.25) is 0 Å². The normalized spacial score (nSPS) is 17.7. The van der Waals surface area contributed by atoms with E-state index >= 15 is 0 Å². The monoisotopic (exact) mass is 1200 g/mol. The summed E-state index contributed by atoms with van der Waals surface area (Å²) in [6.45, 7) is 20.3. The summed E-state index contributed by atoms with van der Waals surface area (Å²) in [5.74, 6) is -14.0. The predicted octanol–water partition coefficient (Wildman–Crippen LogP) is 18.1. The van der Waals surface area contributed by atoms with Crippen LogP contribution in [0.15, 0.2) is 158 Å². The molecule has 1 aromatic heterocycles. The molecule has 1 aliphatic carbocycles. The minimum atomic E-state index is -7.43. The van der Waals surface area contributed by atoms with Gasteiger partial charge in [0.25, 0.3) is 0 Å². The maximum absolute atomic E-state index is 12.2. The molecule has 0 saturated heterocycles. The van der Waals surface area contributed by atoms with E-state index in [1.165, 1.54) is 77.1 Å². The van der Waals surface area contributed by atoms with Gasteiger partial charge in [0.1, 0.15) is 6.54 Å². The third kappa shape index (κ3) is 12.0. The van der Waals surface area contributed by atoms with Crippen LogP contribution in [0.4, 0.5) is 50.9 Å². The van der Waals surface area contributed by atoms with Gasteiger partial charge in [0, 0.05) is 58.1 Å². The van der Waals surface area contributed by atoms with Gasteiger partial charge in [-0.2, -0.15) is 44.1 Å². The van der Waals surface area contributed by atoms with Crippen LogP contribution in [-0.4, -0.2) is 69.8 Å². The summed E-state index contributed by atoms with van der Waals surface area (Å²) in [5.41, 5.74) is 13.2. The molecule has 9 rings (SSSR count). The van der Waals surface area contributed by atoms with Crippen molar-refractivity contribution in [2.24, 2.45) is 0 Å². The van der Waals surface area contributed by atoms with E-state index in [-0.39, 0.29) is 10.8 Å². The molecule has 0 fully saturated rings.